The molecule has 0 bridgehead atoms. The average molecular weight is 274 g/mol. The summed E-state index contributed by atoms with van der Waals surface area (Å²) in [6.07, 6.45) is 1.06. The number of hydrogen-bond acceptors (Lipinski definition) is 5. The van der Waals surface area contributed by atoms with Crippen LogP contribution in [0.2, 0.25) is 0 Å². The Balaban J connectivity index is 2.51. The molecule has 0 spiro atoms. The molecule has 4 nitrogen and oxygen atoms in total. The first-order valence-corrected chi connectivity index (χ1v) is 7.56. The lowest BCUT2D eigenvalue weighted by atomic mass is 10.3. The van der Waals surface area contributed by atoms with Crippen LogP contribution in [0.3, 0.4) is 0 Å². The normalized spacial score (nSPS) is 12.4. The van der Waals surface area contributed by atoms with E-state index in [9.17, 15) is 4.79 Å². The molecule has 0 aromatic carbocycles. The summed E-state index contributed by atoms with van der Waals surface area (Å²) in [6, 6.07) is 0.321. The van der Waals surface area contributed by atoms with Gasteiger partial charge in [-0.3, -0.25) is 0 Å². The molecular weight excluding hydrogens is 256 g/mol. The van der Waals surface area contributed by atoms with Crippen LogP contribution in [0.5, 0.6) is 0 Å². The molecule has 6 heteroatoms. The van der Waals surface area contributed by atoms with Gasteiger partial charge in [0.2, 0.25) is 0 Å². The largest absolute Gasteiger partial charge is 0.476 e. The van der Waals surface area contributed by atoms with Crippen LogP contribution in [0, 0.1) is 6.92 Å². The first-order valence-electron chi connectivity index (χ1n) is 5.59. The lowest BCUT2D eigenvalue weighted by Crippen LogP contribution is -2.16. The SMILES string of the molecule is CCSCCC(C)Nc1nc(C(=O)O)c(C)s1. The lowest BCUT2D eigenvalue weighted by molar-refractivity contribution is 0.0690. The van der Waals surface area contributed by atoms with Crippen molar-refractivity contribution < 1.29 is 9.90 Å². The number of carboxylic acid groups (broad SMARTS) is 1. The topological polar surface area (TPSA) is 62.2 Å². The molecule has 1 aromatic heterocycles. The van der Waals surface area contributed by atoms with Gasteiger partial charge >= 0.3 is 5.97 Å². The zero-order valence-electron chi connectivity index (χ0n) is 10.3. The van der Waals surface area contributed by atoms with E-state index in [0.29, 0.717) is 11.2 Å². The Labute approximate surface area is 110 Å². The second-order valence-electron chi connectivity index (χ2n) is 3.76. The molecule has 2 N–H and O–H groups in total. The Kier molecular flexibility index (Phi) is 5.77. The molecule has 0 aliphatic rings. The minimum atomic E-state index is -0.957. The number of carboxylic acids is 1. The van der Waals surface area contributed by atoms with Crippen molar-refractivity contribution in [3.05, 3.63) is 10.6 Å². The maximum atomic E-state index is 10.8. The fourth-order valence-corrected chi connectivity index (χ4v) is 3.07. The van der Waals surface area contributed by atoms with E-state index in [2.05, 4.69) is 24.1 Å². The summed E-state index contributed by atoms with van der Waals surface area (Å²) in [5.74, 6) is 1.29. The van der Waals surface area contributed by atoms with E-state index in [0.717, 1.165) is 22.8 Å². The van der Waals surface area contributed by atoms with E-state index in [-0.39, 0.29) is 5.69 Å². The van der Waals surface area contributed by atoms with Crippen LogP contribution in [-0.2, 0) is 0 Å². The molecule has 1 unspecified atom stereocenters. The van der Waals surface area contributed by atoms with Crippen molar-refractivity contribution in [2.45, 2.75) is 33.2 Å². The molecule has 0 saturated carbocycles. The molecular formula is C11H18N2O2S2. The highest BCUT2D eigenvalue weighted by molar-refractivity contribution is 7.99. The highest BCUT2D eigenvalue weighted by Crippen LogP contribution is 2.23. The molecule has 96 valence electrons. The standard InChI is InChI=1S/C11H18N2O2S2/c1-4-16-6-5-7(2)12-11-13-9(10(14)15)8(3)17-11/h7H,4-6H2,1-3H3,(H,12,13)(H,14,15). The summed E-state index contributed by atoms with van der Waals surface area (Å²) in [6.45, 7) is 6.02. The maximum absolute atomic E-state index is 10.8. The monoisotopic (exact) mass is 274 g/mol. The summed E-state index contributed by atoms with van der Waals surface area (Å²) in [4.78, 5) is 15.7. The van der Waals surface area contributed by atoms with Gasteiger partial charge in [0.05, 0.1) is 0 Å². The van der Waals surface area contributed by atoms with Crippen LogP contribution >= 0.6 is 23.1 Å². The number of thioether (sulfide) groups is 1. The lowest BCUT2D eigenvalue weighted by Gasteiger charge is -2.11. The van der Waals surface area contributed by atoms with Crippen LogP contribution in [0.25, 0.3) is 0 Å². The van der Waals surface area contributed by atoms with Crippen molar-refractivity contribution in [1.29, 1.82) is 0 Å². The second-order valence-corrected chi connectivity index (χ2v) is 6.36. The van der Waals surface area contributed by atoms with E-state index >= 15 is 0 Å². The molecule has 0 saturated heterocycles. The highest BCUT2D eigenvalue weighted by Gasteiger charge is 2.14. The number of nitrogens with zero attached hydrogens (tertiary/aromatic N) is 1. The van der Waals surface area contributed by atoms with Crippen LogP contribution in [-0.4, -0.2) is 33.6 Å². The highest BCUT2D eigenvalue weighted by atomic mass is 32.2. The summed E-state index contributed by atoms with van der Waals surface area (Å²) in [7, 11) is 0. The molecule has 0 fully saturated rings. The van der Waals surface area contributed by atoms with Gasteiger partial charge in [-0.05, 0) is 31.8 Å². The molecule has 17 heavy (non-hydrogen) atoms. The van der Waals surface area contributed by atoms with Gasteiger partial charge in [-0.25, -0.2) is 9.78 Å². The van der Waals surface area contributed by atoms with Crippen molar-refractivity contribution in [2.75, 3.05) is 16.8 Å². The number of aryl methyl sites for hydroxylation is 1. The third kappa shape index (κ3) is 4.55. The minimum Gasteiger partial charge on any atom is -0.476 e. The zero-order valence-corrected chi connectivity index (χ0v) is 12.0. The molecule has 1 atom stereocenters. The van der Waals surface area contributed by atoms with Gasteiger partial charge < -0.3 is 10.4 Å². The number of hydrogen-bond donors (Lipinski definition) is 2. The van der Waals surface area contributed by atoms with Gasteiger partial charge in [-0.15, -0.1) is 11.3 Å². The molecule has 0 radical (unpaired) electrons. The fourth-order valence-electron chi connectivity index (χ4n) is 1.34. The van der Waals surface area contributed by atoms with Gasteiger partial charge in [-0.1, -0.05) is 6.92 Å². The number of aromatic nitrogens is 1. The average Bonchev–Trinajstić information content (AvgIpc) is 2.60. The minimum absolute atomic E-state index is 0.160. The summed E-state index contributed by atoms with van der Waals surface area (Å²) >= 11 is 3.31. The Morgan fingerprint density at radius 1 is 1.65 bits per heavy atom. The Hall–Kier alpha value is -0.750. The molecule has 0 aliphatic carbocycles. The number of carbonyl (C=O) groups is 1. The first-order chi connectivity index (χ1) is 8.04. The molecule has 0 aliphatic heterocycles. The van der Waals surface area contributed by atoms with Crippen LogP contribution in [0.4, 0.5) is 5.13 Å². The van der Waals surface area contributed by atoms with Crippen LogP contribution < -0.4 is 5.32 Å². The molecule has 1 rings (SSSR count). The van der Waals surface area contributed by atoms with Gasteiger partial charge in [-0.2, -0.15) is 11.8 Å². The van der Waals surface area contributed by atoms with Crippen LogP contribution in [0.1, 0.15) is 35.6 Å². The fraction of sp³-hybridized carbons (Fsp3) is 0.636. The van der Waals surface area contributed by atoms with Crippen LogP contribution in [0.15, 0.2) is 0 Å². The number of aromatic carboxylic acids is 1. The van der Waals surface area contributed by atoms with Crippen molar-refractivity contribution in [3.63, 3.8) is 0 Å². The number of anilines is 1. The van der Waals surface area contributed by atoms with Crippen molar-refractivity contribution in [1.82, 2.24) is 4.98 Å². The van der Waals surface area contributed by atoms with E-state index < -0.39 is 5.97 Å². The quantitative estimate of drug-likeness (QED) is 0.748. The number of nitrogens with one attached hydrogen (secondary N) is 1. The second kappa shape index (κ2) is 6.86. The predicted molar refractivity (Wildman–Crippen MR) is 74.5 cm³/mol. The van der Waals surface area contributed by atoms with Crippen molar-refractivity contribution in [3.8, 4) is 0 Å². The Morgan fingerprint density at radius 2 is 2.35 bits per heavy atom. The summed E-state index contributed by atoms with van der Waals surface area (Å²) in [5, 5.41) is 12.8. The first kappa shape index (κ1) is 14.3. The van der Waals surface area contributed by atoms with Crippen molar-refractivity contribution >= 4 is 34.2 Å². The number of rotatable bonds is 7. The van der Waals surface area contributed by atoms with E-state index in [1.165, 1.54) is 11.3 Å². The Bertz CT molecular complexity index is 380. The van der Waals surface area contributed by atoms with E-state index in [1.807, 2.05) is 11.8 Å². The maximum Gasteiger partial charge on any atom is 0.355 e. The molecule has 1 aromatic rings. The number of thiazole rings is 1. The van der Waals surface area contributed by atoms with Gasteiger partial charge in [0, 0.05) is 10.9 Å². The smallest absolute Gasteiger partial charge is 0.355 e. The van der Waals surface area contributed by atoms with Gasteiger partial charge in [0.1, 0.15) is 0 Å². The van der Waals surface area contributed by atoms with Crippen molar-refractivity contribution in [2.24, 2.45) is 0 Å². The third-order valence-electron chi connectivity index (χ3n) is 2.27. The molecule has 0 amide bonds. The summed E-state index contributed by atoms with van der Waals surface area (Å²) < 4.78 is 0. The Morgan fingerprint density at radius 3 is 2.88 bits per heavy atom. The van der Waals surface area contributed by atoms with E-state index in [4.69, 9.17) is 5.11 Å². The zero-order chi connectivity index (χ0) is 12.8. The summed E-state index contributed by atoms with van der Waals surface area (Å²) in [5.41, 5.74) is 0.160. The van der Waals surface area contributed by atoms with E-state index in [1.54, 1.807) is 6.92 Å². The van der Waals surface area contributed by atoms with Gasteiger partial charge in [0.15, 0.2) is 10.8 Å². The predicted octanol–water partition coefficient (Wildman–Crippen LogP) is 3.09. The molecule has 1 heterocycles. The van der Waals surface area contributed by atoms with Gasteiger partial charge in [0.25, 0.3) is 0 Å². The third-order valence-corrected chi connectivity index (χ3v) is 4.10.